The topological polar surface area (TPSA) is 26.0 Å². The molecule has 1 aromatic rings. The number of nitrogens with two attached hydrogens (primary N) is 1. The summed E-state index contributed by atoms with van der Waals surface area (Å²) in [4.78, 5) is 0. The fourth-order valence-electron chi connectivity index (χ4n) is 2.64. The van der Waals surface area contributed by atoms with Crippen LogP contribution in [0.3, 0.4) is 0 Å². The summed E-state index contributed by atoms with van der Waals surface area (Å²) in [6.45, 7) is 2.28. The number of halogens is 2. The first-order chi connectivity index (χ1) is 8.08. The third-order valence-electron chi connectivity index (χ3n) is 3.90. The minimum Gasteiger partial charge on any atom is -0.324 e. The molecule has 0 bridgehead atoms. The van der Waals surface area contributed by atoms with Crippen LogP contribution in [0.2, 0.25) is 5.02 Å². The molecule has 0 saturated heterocycles. The van der Waals surface area contributed by atoms with Crippen LogP contribution in [-0.2, 0) is 0 Å². The van der Waals surface area contributed by atoms with Gasteiger partial charge in [0.15, 0.2) is 0 Å². The van der Waals surface area contributed by atoms with Crippen molar-refractivity contribution < 1.29 is 4.39 Å². The fourth-order valence-corrected chi connectivity index (χ4v) is 2.75. The van der Waals surface area contributed by atoms with Crippen LogP contribution in [0.4, 0.5) is 4.39 Å². The number of benzene rings is 1. The highest BCUT2D eigenvalue weighted by atomic mass is 35.5. The van der Waals surface area contributed by atoms with E-state index in [1.807, 2.05) is 6.07 Å². The predicted molar refractivity (Wildman–Crippen MR) is 69.5 cm³/mol. The van der Waals surface area contributed by atoms with E-state index < -0.39 is 0 Å². The van der Waals surface area contributed by atoms with Crippen LogP contribution in [0.25, 0.3) is 0 Å². The van der Waals surface area contributed by atoms with Gasteiger partial charge in [-0.05, 0) is 42.4 Å². The highest BCUT2D eigenvalue weighted by molar-refractivity contribution is 6.30. The molecule has 94 valence electrons. The van der Waals surface area contributed by atoms with Gasteiger partial charge in [-0.3, -0.25) is 0 Å². The molecular weight excluding hydrogens is 237 g/mol. The summed E-state index contributed by atoms with van der Waals surface area (Å²) in [5.74, 6) is 0.913. The molecule has 2 N–H and O–H groups in total. The van der Waals surface area contributed by atoms with E-state index in [0.717, 1.165) is 24.3 Å². The van der Waals surface area contributed by atoms with Gasteiger partial charge in [0, 0.05) is 6.04 Å². The first-order valence-corrected chi connectivity index (χ1v) is 6.66. The van der Waals surface area contributed by atoms with Gasteiger partial charge >= 0.3 is 0 Å². The lowest BCUT2D eigenvalue weighted by atomic mass is 9.78. The molecule has 1 nitrogen and oxygen atoms in total. The summed E-state index contributed by atoms with van der Waals surface area (Å²) < 4.78 is 13.4. The standard InChI is InChI=1S/C14H19ClFN/c1-9-2-4-10(5-3-9)14(17)11-6-7-12(15)13(16)8-11/h6-10,14H,2-5,17H2,1H3. The molecule has 0 aromatic heterocycles. The van der Waals surface area contributed by atoms with Gasteiger partial charge in [0.2, 0.25) is 0 Å². The monoisotopic (exact) mass is 255 g/mol. The maximum atomic E-state index is 13.4. The first-order valence-electron chi connectivity index (χ1n) is 6.28. The van der Waals surface area contributed by atoms with Crippen molar-refractivity contribution in [2.45, 2.75) is 38.6 Å². The zero-order chi connectivity index (χ0) is 12.4. The van der Waals surface area contributed by atoms with Crippen molar-refractivity contribution >= 4 is 11.6 Å². The van der Waals surface area contributed by atoms with Gasteiger partial charge in [-0.25, -0.2) is 4.39 Å². The lowest BCUT2D eigenvalue weighted by Gasteiger charge is -2.30. The molecule has 1 aliphatic carbocycles. The molecular formula is C14H19ClFN. The van der Waals surface area contributed by atoms with Crippen molar-refractivity contribution in [3.8, 4) is 0 Å². The van der Waals surface area contributed by atoms with Crippen molar-refractivity contribution in [2.24, 2.45) is 17.6 Å². The molecule has 1 aliphatic rings. The van der Waals surface area contributed by atoms with Crippen molar-refractivity contribution in [3.05, 3.63) is 34.6 Å². The second-order valence-corrected chi connectivity index (χ2v) is 5.63. The zero-order valence-electron chi connectivity index (χ0n) is 10.1. The first kappa shape index (κ1) is 12.8. The second-order valence-electron chi connectivity index (χ2n) is 5.22. The minimum atomic E-state index is -0.371. The van der Waals surface area contributed by atoms with Gasteiger partial charge in [0.1, 0.15) is 5.82 Å². The lowest BCUT2D eigenvalue weighted by Crippen LogP contribution is -2.25. The number of hydrogen-bond acceptors (Lipinski definition) is 1. The molecule has 1 fully saturated rings. The summed E-state index contributed by atoms with van der Waals surface area (Å²) in [7, 11) is 0. The summed E-state index contributed by atoms with van der Waals surface area (Å²) in [6.07, 6.45) is 4.75. The normalized spacial score (nSPS) is 26.8. The zero-order valence-corrected chi connectivity index (χ0v) is 10.9. The van der Waals surface area contributed by atoms with E-state index in [9.17, 15) is 4.39 Å². The highest BCUT2D eigenvalue weighted by Gasteiger charge is 2.25. The predicted octanol–water partition coefficient (Wildman–Crippen LogP) is 4.31. The van der Waals surface area contributed by atoms with Crippen LogP contribution < -0.4 is 5.73 Å². The molecule has 0 radical (unpaired) electrons. The molecule has 3 heteroatoms. The Hall–Kier alpha value is -0.600. The van der Waals surface area contributed by atoms with Gasteiger partial charge in [-0.1, -0.05) is 37.4 Å². The van der Waals surface area contributed by atoms with Gasteiger partial charge in [-0.2, -0.15) is 0 Å². The van der Waals surface area contributed by atoms with E-state index in [-0.39, 0.29) is 16.9 Å². The molecule has 0 spiro atoms. The molecule has 1 unspecified atom stereocenters. The van der Waals surface area contributed by atoms with Crippen molar-refractivity contribution in [2.75, 3.05) is 0 Å². The van der Waals surface area contributed by atoms with Crippen LogP contribution in [0.1, 0.15) is 44.2 Å². The molecule has 0 heterocycles. The van der Waals surface area contributed by atoms with E-state index in [2.05, 4.69) is 6.92 Å². The largest absolute Gasteiger partial charge is 0.324 e. The maximum absolute atomic E-state index is 13.4. The average Bonchev–Trinajstić information content (AvgIpc) is 2.33. The third-order valence-corrected chi connectivity index (χ3v) is 4.20. The van der Waals surface area contributed by atoms with Crippen LogP contribution in [0, 0.1) is 17.7 Å². The van der Waals surface area contributed by atoms with E-state index in [1.165, 1.54) is 18.9 Å². The molecule has 0 aliphatic heterocycles. The molecule has 17 heavy (non-hydrogen) atoms. The Kier molecular flexibility index (Phi) is 4.05. The van der Waals surface area contributed by atoms with E-state index in [0.29, 0.717) is 5.92 Å². The van der Waals surface area contributed by atoms with Crippen LogP contribution in [0.15, 0.2) is 18.2 Å². The Balaban J connectivity index is 2.08. The summed E-state index contributed by atoms with van der Waals surface area (Å²) in [5, 5.41) is 0.165. The summed E-state index contributed by atoms with van der Waals surface area (Å²) in [5.41, 5.74) is 7.09. The lowest BCUT2D eigenvalue weighted by molar-refractivity contribution is 0.256. The van der Waals surface area contributed by atoms with Gasteiger partial charge in [0.25, 0.3) is 0 Å². The molecule has 1 saturated carbocycles. The van der Waals surface area contributed by atoms with E-state index in [4.69, 9.17) is 17.3 Å². The number of rotatable bonds is 2. The Morgan fingerprint density at radius 3 is 2.53 bits per heavy atom. The third kappa shape index (κ3) is 2.99. The van der Waals surface area contributed by atoms with Crippen molar-refractivity contribution in [3.63, 3.8) is 0 Å². The molecule has 1 atom stereocenters. The van der Waals surface area contributed by atoms with Gasteiger partial charge in [0.05, 0.1) is 5.02 Å². The van der Waals surface area contributed by atoms with E-state index >= 15 is 0 Å². The second kappa shape index (κ2) is 5.36. The quantitative estimate of drug-likeness (QED) is 0.838. The van der Waals surface area contributed by atoms with Crippen molar-refractivity contribution in [1.29, 1.82) is 0 Å². The smallest absolute Gasteiger partial charge is 0.142 e. The Morgan fingerprint density at radius 1 is 1.29 bits per heavy atom. The minimum absolute atomic E-state index is 0.0609. The van der Waals surface area contributed by atoms with Crippen LogP contribution in [-0.4, -0.2) is 0 Å². The fraction of sp³-hybridized carbons (Fsp3) is 0.571. The van der Waals surface area contributed by atoms with Crippen LogP contribution in [0.5, 0.6) is 0 Å². The average molecular weight is 256 g/mol. The molecule has 2 rings (SSSR count). The molecule has 0 amide bonds. The highest BCUT2D eigenvalue weighted by Crippen LogP contribution is 2.35. The van der Waals surface area contributed by atoms with Crippen molar-refractivity contribution in [1.82, 2.24) is 0 Å². The summed E-state index contributed by atoms with van der Waals surface area (Å²) >= 11 is 5.67. The number of hydrogen-bond donors (Lipinski definition) is 1. The van der Waals surface area contributed by atoms with Gasteiger partial charge in [-0.15, -0.1) is 0 Å². The SMILES string of the molecule is CC1CCC(C(N)c2ccc(Cl)c(F)c2)CC1. The Labute approximate surface area is 107 Å². The summed E-state index contributed by atoms with van der Waals surface area (Å²) in [6, 6.07) is 4.85. The maximum Gasteiger partial charge on any atom is 0.142 e. The van der Waals surface area contributed by atoms with Crippen LogP contribution >= 0.6 is 11.6 Å². The van der Waals surface area contributed by atoms with Gasteiger partial charge < -0.3 is 5.73 Å². The Bertz CT molecular complexity index is 386. The Morgan fingerprint density at radius 2 is 1.94 bits per heavy atom. The van der Waals surface area contributed by atoms with E-state index in [1.54, 1.807) is 6.07 Å². The molecule has 1 aromatic carbocycles.